The van der Waals surface area contributed by atoms with Gasteiger partial charge in [0, 0.05) is 30.4 Å². The lowest BCUT2D eigenvalue weighted by atomic mass is 10.2. The Morgan fingerprint density at radius 3 is 2.90 bits per heavy atom. The van der Waals surface area contributed by atoms with E-state index in [-0.39, 0.29) is 12.1 Å². The molecule has 2 amide bonds. The predicted molar refractivity (Wildman–Crippen MR) is 84.3 cm³/mol. The molecule has 0 bridgehead atoms. The van der Waals surface area contributed by atoms with Gasteiger partial charge in [0.1, 0.15) is 5.82 Å². The van der Waals surface area contributed by atoms with Crippen LogP contribution in [-0.2, 0) is 0 Å². The van der Waals surface area contributed by atoms with E-state index in [9.17, 15) is 4.79 Å². The molecule has 20 heavy (non-hydrogen) atoms. The Balaban J connectivity index is 1.96. The first-order valence-corrected chi connectivity index (χ1v) is 8.41. The molecular weight excluding hydrogens is 272 g/mol. The molecule has 1 fully saturated rings. The van der Waals surface area contributed by atoms with E-state index >= 15 is 0 Å². The van der Waals surface area contributed by atoms with E-state index in [1.807, 2.05) is 48.3 Å². The summed E-state index contributed by atoms with van der Waals surface area (Å²) >= 11 is 1.90. The number of hydrogen-bond acceptors (Lipinski definition) is 3. The Labute approximate surface area is 125 Å². The highest BCUT2D eigenvalue weighted by atomic mass is 32.2. The van der Waals surface area contributed by atoms with Crippen molar-refractivity contribution in [3.63, 3.8) is 0 Å². The topological polar surface area (TPSA) is 50.2 Å². The van der Waals surface area contributed by atoms with Crippen LogP contribution in [0, 0.1) is 0 Å². The van der Waals surface area contributed by atoms with Gasteiger partial charge in [-0.05, 0) is 39.4 Å². The zero-order valence-corrected chi connectivity index (χ0v) is 13.5. The standard InChI is InChI=1S/C14H24N4OS/c1-10(2)18-13(7-8-15-18)16-14(19)17(3)11-5-6-12(9-11)20-4/h7-8,10-12H,5-6,9H2,1-4H3,(H,16,19)/t11-,12+/m0/s1. The van der Waals surface area contributed by atoms with Crippen LogP contribution in [-0.4, -0.2) is 45.3 Å². The smallest absolute Gasteiger partial charge is 0.322 e. The minimum Gasteiger partial charge on any atom is -0.325 e. The molecule has 1 heterocycles. The number of thioether (sulfide) groups is 1. The van der Waals surface area contributed by atoms with Crippen LogP contribution < -0.4 is 5.32 Å². The molecule has 1 N–H and O–H groups in total. The Bertz CT molecular complexity index is 460. The highest BCUT2D eigenvalue weighted by molar-refractivity contribution is 7.99. The van der Waals surface area contributed by atoms with E-state index in [0.717, 1.165) is 18.7 Å². The zero-order chi connectivity index (χ0) is 14.7. The molecule has 2 rings (SSSR count). The number of nitrogens with one attached hydrogen (secondary N) is 1. The number of anilines is 1. The summed E-state index contributed by atoms with van der Waals surface area (Å²) in [5.74, 6) is 0.760. The quantitative estimate of drug-likeness (QED) is 0.928. The molecule has 0 radical (unpaired) electrons. The fraction of sp³-hybridized carbons (Fsp3) is 0.714. The maximum Gasteiger partial charge on any atom is 0.322 e. The highest BCUT2D eigenvalue weighted by Crippen LogP contribution is 2.31. The molecule has 1 aromatic heterocycles. The Morgan fingerprint density at radius 1 is 1.55 bits per heavy atom. The molecule has 1 saturated carbocycles. The van der Waals surface area contributed by atoms with Crippen LogP contribution in [0.4, 0.5) is 10.6 Å². The summed E-state index contributed by atoms with van der Waals surface area (Å²) in [6.45, 7) is 4.10. The summed E-state index contributed by atoms with van der Waals surface area (Å²) in [6, 6.07) is 2.38. The third-order valence-electron chi connectivity index (χ3n) is 3.95. The van der Waals surface area contributed by atoms with Crippen LogP contribution in [0.2, 0.25) is 0 Å². The molecule has 1 aromatic rings. The molecule has 0 aromatic carbocycles. The molecule has 0 saturated heterocycles. The van der Waals surface area contributed by atoms with Crippen molar-refractivity contribution in [1.82, 2.24) is 14.7 Å². The number of nitrogens with zero attached hydrogens (tertiary/aromatic N) is 3. The predicted octanol–water partition coefficient (Wildman–Crippen LogP) is 3.21. The second-order valence-electron chi connectivity index (χ2n) is 5.62. The van der Waals surface area contributed by atoms with Crippen molar-refractivity contribution < 1.29 is 4.79 Å². The van der Waals surface area contributed by atoms with Crippen LogP contribution in [0.15, 0.2) is 12.3 Å². The van der Waals surface area contributed by atoms with Crippen molar-refractivity contribution in [2.75, 3.05) is 18.6 Å². The molecule has 5 nitrogen and oxygen atoms in total. The van der Waals surface area contributed by atoms with E-state index in [4.69, 9.17) is 0 Å². The van der Waals surface area contributed by atoms with Crippen LogP contribution in [0.1, 0.15) is 39.2 Å². The van der Waals surface area contributed by atoms with Gasteiger partial charge in [-0.15, -0.1) is 0 Å². The Kier molecular flexibility index (Phi) is 4.96. The number of rotatable bonds is 4. The average Bonchev–Trinajstić information content (AvgIpc) is 3.06. The van der Waals surface area contributed by atoms with Crippen LogP contribution >= 0.6 is 11.8 Å². The fourth-order valence-corrected chi connectivity index (χ4v) is 3.46. The van der Waals surface area contributed by atoms with Gasteiger partial charge in [-0.25, -0.2) is 9.48 Å². The molecule has 1 aliphatic rings. The van der Waals surface area contributed by atoms with Gasteiger partial charge in [0.15, 0.2) is 0 Å². The van der Waals surface area contributed by atoms with Gasteiger partial charge in [-0.3, -0.25) is 5.32 Å². The minimum atomic E-state index is -0.0425. The van der Waals surface area contributed by atoms with Gasteiger partial charge in [0.2, 0.25) is 0 Å². The van der Waals surface area contributed by atoms with E-state index < -0.39 is 0 Å². The van der Waals surface area contributed by atoms with Crippen molar-refractivity contribution in [3.8, 4) is 0 Å². The maximum absolute atomic E-state index is 12.3. The van der Waals surface area contributed by atoms with Crippen molar-refractivity contribution in [2.45, 2.75) is 50.4 Å². The first-order valence-electron chi connectivity index (χ1n) is 7.13. The highest BCUT2D eigenvalue weighted by Gasteiger charge is 2.29. The lowest BCUT2D eigenvalue weighted by molar-refractivity contribution is 0.204. The molecule has 0 aliphatic heterocycles. The number of aromatic nitrogens is 2. The molecule has 1 aliphatic carbocycles. The molecule has 112 valence electrons. The number of hydrogen-bond donors (Lipinski definition) is 1. The summed E-state index contributed by atoms with van der Waals surface area (Å²) in [5, 5.41) is 7.88. The lowest BCUT2D eigenvalue weighted by Crippen LogP contribution is -2.39. The Hall–Kier alpha value is -1.17. The third-order valence-corrected chi connectivity index (χ3v) is 5.05. The van der Waals surface area contributed by atoms with Crippen LogP contribution in [0.3, 0.4) is 0 Å². The van der Waals surface area contributed by atoms with Crippen molar-refractivity contribution in [1.29, 1.82) is 0 Å². The van der Waals surface area contributed by atoms with Crippen molar-refractivity contribution in [2.24, 2.45) is 0 Å². The van der Waals surface area contributed by atoms with E-state index in [0.29, 0.717) is 11.3 Å². The largest absolute Gasteiger partial charge is 0.325 e. The summed E-state index contributed by atoms with van der Waals surface area (Å²) in [4.78, 5) is 14.2. The SMILES string of the molecule is CS[C@@H]1CC[C@H](N(C)C(=O)Nc2ccnn2C(C)C)C1. The minimum absolute atomic E-state index is 0.0425. The number of urea groups is 1. The summed E-state index contributed by atoms with van der Waals surface area (Å²) in [7, 11) is 1.89. The first kappa shape index (κ1) is 15.2. The number of amides is 2. The van der Waals surface area contributed by atoms with Gasteiger partial charge >= 0.3 is 6.03 Å². The van der Waals surface area contributed by atoms with Gasteiger partial charge in [0.25, 0.3) is 0 Å². The summed E-state index contributed by atoms with van der Waals surface area (Å²) in [6.07, 6.45) is 7.25. The van der Waals surface area contributed by atoms with E-state index in [2.05, 4.69) is 16.7 Å². The first-order chi connectivity index (χ1) is 9.52. The molecule has 0 spiro atoms. The maximum atomic E-state index is 12.3. The second-order valence-corrected chi connectivity index (χ2v) is 6.76. The summed E-state index contributed by atoms with van der Waals surface area (Å²) < 4.78 is 1.82. The van der Waals surface area contributed by atoms with Crippen molar-refractivity contribution >= 4 is 23.6 Å². The van der Waals surface area contributed by atoms with Gasteiger partial charge in [-0.2, -0.15) is 16.9 Å². The summed E-state index contributed by atoms with van der Waals surface area (Å²) in [5.41, 5.74) is 0. The van der Waals surface area contributed by atoms with Gasteiger partial charge in [0.05, 0.1) is 6.20 Å². The lowest BCUT2D eigenvalue weighted by Gasteiger charge is -2.25. The monoisotopic (exact) mass is 296 g/mol. The van der Waals surface area contributed by atoms with Crippen LogP contribution in [0.5, 0.6) is 0 Å². The number of carbonyl (C=O) groups is 1. The normalized spacial score (nSPS) is 22.2. The van der Waals surface area contributed by atoms with Crippen molar-refractivity contribution in [3.05, 3.63) is 12.3 Å². The van der Waals surface area contributed by atoms with E-state index in [1.165, 1.54) is 6.42 Å². The zero-order valence-electron chi connectivity index (χ0n) is 12.7. The number of carbonyl (C=O) groups excluding carboxylic acids is 1. The second kappa shape index (κ2) is 6.52. The van der Waals surface area contributed by atoms with E-state index in [1.54, 1.807) is 6.20 Å². The third kappa shape index (κ3) is 3.29. The Morgan fingerprint density at radius 2 is 2.30 bits per heavy atom. The molecule has 6 heteroatoms. The van der Waals surface area contributed by atoms with Crippen LogP contribution in [0.25, 0.3) is 0 Å². The average molecular weight is 296 g/mol. The molecule has 2 atom stereocenters. The molecule has 0 unspecified atom stereocenters. The molecular formula is C14H24N4OS. The fourth-order valence-electron chi connectivity index (χ4n) is 2.67. The van der Waals surface area contributed by atoms with Gasteiger partial charge < -0.3 is 4.90 Å². The van der Waals surface area contributed by atoms with Gasteiger partial charge in [-0.1, -0.05) is 0 Å².